The van der Waals surface area contributed by atoms with Crippen LogP contribution in [0.2, 0.25) is 0 Å². The van der Waals surface area contributed by atoms with Crippen molar-refractivity contribution < 1.29 is 9.84 Å². The van der Waals surface area contributed by atoms with Crippen molar-refractivity contribution in [1.29, 1.82) is 0 Å². The normalized spacial score (nSPS) is 11.6. The fraction of sp³-hybridized carbons (Fsp3) is 0.231. The molecule has 0 aliphatic heterocycles. The SMILES string of the molecule is CCN(CC)CCOc1ccc(/C(=C\c2ccccc2)c2ccc(O)cc2)cc1. The number of hydrogen-bond acceptors (Lipinski definition) is 3. The quantitative estimate of drug-likeness (QED) is 0.478. The van der Waals surface area contributed by atoms with E-state index in [9.17, 15) is 5.11 Å². The number of phenols is 1. The molecule has 3 rings (SSSR count). The Balaban J connectivity index is 1.81. The second-order valence-electron chi connectivity index (χ2n) is 6.92. The first-order valence-corrected chi connectivity index (χ1v) is 10.2. The van der Waals surface area contributed by atoms with E-state index in [0.29, 0.717) is 6.61 Å². The topological polar surface area (TPSA) is 32.7 Å². The molecule has 0 aliphatic rings. The molecule has 0 bridgehead atoms. The second kappa shape index (κ2) is 10.5. The Labute approximate surface area is 173 Å². The molecule has 150 valence electrons. The maximum Gasteiger partial charge on any atom is 0.119 e. The Morgan fingerprint density at radius 2 is 1.41 bits per heavy atom. The van der Waals surface area contributed by atoms with Crippen LogP contribution >= 0.6 is 0 Å². The van der Waals surface area contributed by atoms with Crippen molar-refractivity contribution in [1.82, 2.24) is 4.90 Å². The smallest absolute Gasteiger partial charge is 0.119 e. The maximum atomic E-state index is 9.65. The summed E-state index contributed by atoms with van der Waals surface area (Å²) in [6.45, 7) is 8.04. The maximum absolute atomic E-state index is 9.65. The molecule has 0 heterocycles. The number of nitrogens with zero attached hydrogens (tertiary/aromatic N) is 1. The molecule has 3 heteroatoms. The molecule has 0 spiro atoms. The van der Waals surface area contributed by atoms with Gasteiger partial charge in [0.25, 0.3) is 0 Å². The third-order valence-electron chi connectivity index (χ3n) is 5.02. The van der Waals surface area contributed by atoms with Crippen LogP contribution in [0.4, 0.5) is 0 Å². The standard InChI is InChI=1S/C26H29NO2/c1-3-27(4-2)18-19-29-25-16-12-23(13-17-25)26(20-21-8-6-5-7-9-21)22-10-14-24(28)15-11-22/h5-17,20,28H,3-4,18-19H2,1-2H3/b26-20-. The van der Waals surface area contributed by atoms with E-state index in [-0.39, 0.29) is 5.75 Å². The van der Waals surface area contributed by atoms with Gasteiger partial charge in [-0.3, -0.25) is 0 Å². The van der Waals surface area contributed by atoms with Crippen molar-refractivity contribution in [2.24, 2.45) is 0 Å². The molecule has 1 N–H and O–H groups in total. The van der Waals surface area contributed by atoms with Crippen LogP contribution in [0.3, 0.4) is 0 Å². The molecular formula is C26H29NO2. The average molecular weight is 388 g/mol. The Bertz CT molecular complexity index is 896. The molecule has 29 heavy (non-hydrogen) atoms. The van der Waals surface area contributed by atoms with E-state index in [0.717, 1.165) is 47.6 Å². The number of ether oxygens (including phenoxy) is 1. The van der Waals surface area contributed by atoms with Crippen LogP contribution < -0.4 is 4.74 Å². The molecular weight excluding hydrogens is 358 g/mol. The molecule has 3 aromatic rings. The minimum absolute atomic E-state index is 0.268. The Kier molecular flexibility index (Phi) is 7.48. The van der Waals surface area contributed by atoms with Gasteiger partial charge in [-0.2, -0.15) is 0 Å². The number of likely N-dealkylation sites (N-methyl/N-ethyl adjacent to an activating group) is 1. The molecule has 0 aromatic heterocycles. The van der Waals surface area contributed by atoms with E-state index in [2.05, 4.69) is 49.1 Å². The Morgan fingerprint density at radius 1 is 0.828 bits per heavy atom. The molecule has 0 amide bonds. The average Bonchev–Trinajstić information content (AvgIpc) is 2.77. The van der Waals surface area contributed by atoms with E-state index in [1.54, 1.807) is 12.1 Å². The molecule has 0 radical (unpaired) electrons. The lowest BCUT2D eigenvalue weighted by Gasteiger charge is -2.18. The number of phenolic OH excluding ortho intramolecular Hbond substituents is 1. The molecule has 3 nitrogen and oxygen atoms in total. The van der Waals surface area contributed by atoms with E-state index in [4.69, 9.17) is 4.74 Å². The van der Waals surface area contributed by atoms with E-state index >= 15 is 0 Å². The van der Waals surface area contributed by atoms with Gasteiger partial charge in [0.15, 0.2) is 0 Å². The van der Waals surface area contributed by atoms with Crippen molar-refractivity contribution >= 4 is 11.6 Å². The highest BCUT2D eigenvalue weighted by Gasteiger charge is 2.07. The van der Waals surface area contributed by atoms with E-state index < -0.39 is 0 Å². The summed E-state index contributed by atoms with van der Waals surface area (Å²) in [6.07, 6.45) is 2.17. The first kappa shape index (κ1) is 20.7. The summed E-state index contributed by atoms with van der Waals surface area (Å²) < 4.78 is 5.92. The van der Waals surface area contributed by atoms with Crippen molar-refractivity contribution in [3.63, 3.8) is 0 Å². The lowest BCUT2D eigenvalue weighted by atomic mass is 9.95. The lowest BCUT2D eigenvalue weighted by Crippen LogP contribution is -2.27. The van der Waals surface area contributed by atoms with Crippen molar-refractivity contribution in [3.8, 4) is 11.5 Å². The minimum Gasteiger partial charge on any atom is -0.508 e. The number of rotatable bonds is 9. The molecule has 0 atom stereocenters. The summed E-state index contributed by atoms with van der Waals surface area (Å²) >= 11 is 0. The van der Waals surface area contributed by atoms with Crippen LogP contribution in [0.25, 0.3) is 11.6 Å². The summed E-state index contributed by atoms with van der Waals surface area (Å²) in [6, 6.07) is 25.8. The zero-order chi connectivity index (χ0) is 20.5. The van der Waals surface area contributed by atoms with Gasteiger partial charge >= 0.3 is 0 Å². The van der Waals surface area contributed by atoms with Gasteiger partial charge in [0.1, 0.15) is 18.1 Å². The van der Waals surface area contributed by atoms with Crippen molar-refractivity contribution in [2.45, 2.75) is 13.8 Å². The van der Waals surface area contributed by atoms with Crippen LogP contribution in [0.5, 0.6) is 11.5 Å². The molecule has 3 aromatic carbocycles. The van der Waals surface area contributed by atoms with Crippen LogP contribution in [-0.2, 0) is 0 Å². The minimum atomic E-state index is 0.268. The number of hydrogen-bond donors (Lipinski definition) is 1. The summed E-state index contributed by atoms with van der Waals surface area (Å²) in [7, 11) is 0. The third-order valence-corrected chi connectivity index (χ3v) is 5.02. The molecule has 0 aliphatic carbocycles. The first-order valence-electron chi connectivity index (χ1n) is 10.2. The van der Waals surface area contributed by atoms with Crippen LogP contribution in [0.15, 0.2) is 78.9 Å². The van der Waals surface area contributed by atoms with Gasteiger partial charge in [0.2, 0.25) is 0 Å². The van der Waals surface area contributed by atoms with Crippen LogP contribution in [0.1, 0.15) is 30.5 Å². The second-order valence-corrected chi connectivity index (χ2v) is 6.92. The van der Waals surface area contributed by atoms with Gasteiger partial charge < -0.3 is 14.7 Å². The highest BCUT2D eigenvalue weighted by molar-refractivity contribution is 5.91. The summed E-state index contributed by atoms with van der Waals surface area (Å²) in [5, 5.41) is 9.65. The van der Waals surface area contributed by atoms with Gasteiger partial charge in [0, 0.05) is 6.54 Å². The first-order chi connectivity index (χ1) is 14.2. The number of benzene rings is 3. The molecule has 0 unspecified atom stereocenters. The van der Waals surface area contributed by atoms with Crippen molar-refractivity contribution in [2.75, 3.05) is 26.2 Å². The van der Waals surface area contributed by atoms with Gasteiger partial charge in [-0.05, 0) is 65.7 Å². The predicted octanol–water partition coefficient (Wildman–Crippen LogP) is 5.70. The van der Waals surface area contributed by atoms with Gasteiger partial charge in [-0.25, -0.2) is 0 Å². The van der Waals surface area contributed by atoms with E-state index in [1.165, 1.54) is 0 Å². The highest BCUT2D eigenvalue weighted by atomic mass is 16.5. The van der Waals surface area contributed by atoms with Gasteiger partial charge in [0.05, 0.1) is 0 Å². The third kappa shape index (κ3) is 5.97. The lowest BCUT2D eigenvalue weighted by molar-refractivity contribution is 0.223. The zero-order valence-electron chi connectivity index (χ0n) is 17.2. The summed E-state index contributed by atoms with van der Waals surface area (Å²) in [4.78, 5) is 2.35. The fourth-order valence-electron chi connectivity index (χ4n) is 3.25. The molecule has 0 fully saturated rings. The number of aromatic hydroxyl groups is 1. The summed E-state index contributed by atoms with van der Waals surface area (Å²) in [5.41, 5.74) is 4.40. The van der Waals surface area contributed by atoms with Crippen LogP contribution in [0, 0.1) is 0 Å². The van der Waals surface area contributed by atoms with Crippen LogP contribution in [-0.4, -0.2) is 36.2 Å². The highest BCUT2D eigenvalue weighted by Crippen LogP contribution is 2.28. The van der Waals surface area contributed by atoms with Gasteiger partial charge in [-0.1, -0.05) is 68.4 Å². The zero-order valence-corrected chi connectivity index (χ0v) is 17.2. The monoisotopic (exact) mass is 387 g/mol. The molecule has 0 saturated heterocycles. The van der Waals surface area contributed by atoms with Crippen molar-refractivity contribution in [3.05, 3.63) is 95.6 Å². The van der Waals surface area contributed by atoms with E-state index in [1.807, 2.05) is 42.5 Å². The van der Waals surface area contributed by atoms with Gasteiger partial charge in [-0.15, -0.1) is 0 Å². The fourth-order valence-corrected chi connectivity index (χ4v) is 3.25. The summed E-state index contributed by atoms with van der Waals surface area (Å²) in [5.74, 6) is 1.15. The molecule has 0 saturated carbocycles. The Morgan fingerprint density at radius 3 is 2.00 bits per heavy atom. The Hall–Kier alpha value is -3.04. The largest absolute Gasteiger partial charge is 0.508 e. The predicted molar refractivity (Wildman–Crippen MR) is 121 cm³/mol.